The number of para-hydroxylation sites is 1. The van der Waals surface area contributed by atoms with Crippen LogP contribution in [0.4, 0.5) is 5.69 Å². The molecule has 1 amide bonds. The molecule has 0 saturated heterocycles. The van der Waals surface area contributed by atoms with Crippen molar-refractivity contribution in [3.63, 3.8) is 0 Å². The molecule has 0 spiro atoms. The molecule has 3 rings (SSSR count). The number of anilines is 1. The summed E-state index contributed by atoms with van der Waals surface area (Å²) in [4.78, 5) is 14.8. The summed E-state index contributed by atoms with van der Waals surface area (Å²) >= 11 is 6.25. The lowest BCUT2D eigenvalue weighted by atomic mass is 10.1. The van der Waals surface area contributed by atoms with Crippen LogP contribution in [0, 0.1) is 0 Å². The van der Waals surface area contributed by atoms with E-state index in [4.69, 9.17) is 16.0 Å². The standard InChI is InChI=1S/C20H19ClN2O4S/c1-22(2)28(25,26)17-10-11-19(21)18(13-17)20(24)23(14-16-9-6-12-27-16)15-7-4-3-5-8-15/h3-13H,14H2,1-2H3. The number of hydrogen-bond donors (Lipinski definition) is 0. The summed E-state index contributed by atoms with van der Waals surface area (Å²) in [5.74, 6) is 0.161. The molecule has 0 radical (unpaired) electrons. The van der Waals surface area contributed by atoms with E-state index in [0.29, 0.717) is 11.4 Å². The monoisotopic (exact) mass is 418 g/mol. The molecule has 1 heterocycles. The van der Waals surface area contributed by atoms with Crippen LogP contribution in [0.2, 0.25) is 5.02 Å². The zero-order valence-electron chi connectivity index (χ0n) is 15.4. The van der Waals surface area contributed by atoms with E-state index in [1.54, 1.807) is 24.3 Å². The molecular weight excluding hydrogens is 400 g/mol. The van der Waals surface area contributed by atoms with Crippen molar-refractivity contribution >= 4 is 33.2 Å². The van der Waals surface area contributed by atoms with E-state index in [1.165, 1.54) is 43.5 Å². The molecule has 0 atom stereocenters. The molecule has 0 aliphatic rings. The number of amides is 1. The maximum absolute atomic E-state index is 13.3. The van der Waals surface area contributed by atoms with Gasteiger partial charge in [-0.1, -0.05) is 29.8 Å². The molecule has 1 aromatic heterocycles. The third-order valence-electron chi connectivity index (χ3n) is 4.15. The third kappa shape index (κ3) is 4.11. The number of furan rings is 1. The van der Waals surface area contributed by atoms with Gasteiger partial charge in [0.05, 0.1) is 28.3 Å². The first-order valence-electron chi connectivity index (χ1n) is 8.42. The summed E-state index contributed by atoms with van der Waals surface area (Å²) in [5.41, 5.74) is 0.737. The highest BCUT2D eigenvalue weighted by molar-refractivity contribution is 7.89. The van der Waals surface area contributed by atoms with Crippen molar-refractivity contribution in [2.75, 3.05) is 19.0 Å². The van der Waals surface area contributed by atoms with Gasteiger partial charge in [0.1, 0.15) is 5.76 Å². The largest absolute Gasteiger partial charge is 0.467 e. The van der Waals surface area contributed by atoms with Gasteiger partial charge in [0.25, 0.3) is 5.91 Å². The van der Waals surface area contributed by atoms with Gasteiger partial charge in [-0.15, -0.1) is 0 Å². The van der Waals surface area contributed by atoms with Gasteiger partial charge in [0.15, 0.2) is 0 Å². The summed E-state index contributed by atoms with van der Waals surface area (Å²) in [7, 11) is -0.846. The van der Waals surface area contributed by atoms with Gasteiger partial charge < -0.3 is 9.32 Å². The Hall–Kier alpha value is -2.61. The summed E-state index contributed by atoms with van der Waals surface area (Å²) in [6, 6.07) is 16.6. The van der Waals surface area contributed by atoms with Crippen molar-refractivity contribution in [1.82, 2.24) is 4.31 Å². The van der Waals surface area contributed by atoms with E-state index in [2.05, 4.69) is 0 Å². The number of carbonyl (C=O) groups excluding carboxylic acids is 1. The molecule has 3 aromatic rings. The highest BCUT2D eigenvalue weighted by Gasteiger charge is 2.25. The number of benzene rings is 2. The van der Waals surface area contributed by atoms with Crippen LogP contribution >= 0.6 is 11.6 Å². The fourth-order valence-corrected chi connectivity index (χ4v) is 3.76. The summed E-state index contributed by atoms with van der Waals surface area (Å²) in [6.45, 7) is 0.177. The smallest absolute Gasteiger partial charge is 0.260 e. The number of carbonyl (C=O) groups is 1. The van der Waals surface area contributed by atoms with E-state index < -0.39 is 15.9 Å². The molecule has 28 heavy (non-hydrogen) atoms. The molecule has 0 N–H and O–H groups in total. The number of halogens is 1. The number of sulfonamides is 1. The number of nitrogens with zero attached hydrogens (tertiary/aromatic N) is 2. The second-order valence-electron chi connectivity index (χ2n) is 6.24. The van der Waals surface area contributed by atoms with E-state index in [0.717, 1.165) is 4.31 Å². The van der Waals surface area contributed by atoms with Crippen molar-refractivity contribution in [3.8, 4) is 0 Å². The molecule has 0 saturated carbocycles. The molecule has 0 unspecified atom stereocenters. The summed E-state index contributed by atoms with van der Waals surface area (Å²) < 4.78 is 31.4. The molecule has 8 heteroatoms. The zero-order chi connectivity index (χ0) is 20.3. The van der Waals surface area contributed by atoms with Crippen molar-refractivity contribution in [2.24, 2.45) is 0 Å². The second kappa shape index (κ2) is 8.18. The Morgan fingerprint density at radius 2 is 1.75 bits per heavy atom. The van der Waals surface area contributed by atoms with Crippen molar-refractivity contribution in [1.29, 1.82) is 0 Å². The third-order valence-corrected chi connectivity index (χ3v) is 6.29. The van der Waals surface area contributed by atoms with Gasteiger partial charge in [-0.05, 0) is 42.5 Å². The Morgan fingerprint density at radius 3 is 2.36 bits per heavy atom. The van der Waals surface area contributed by atoms with Gasteiger partial charge in [-0.3, -0.25) is 4.79 Å². The predicted octanol–water partition coefficient (Wildman–Crippen LogP) is 4.03. The van der Waals surface area contributed by atoms with Crippen molar-refractivity contribution in [3.05, 3.63) is 83.3 Å². The SMILES string of the molecule is CN(C)S(=O)(=O)c1ccc(Cl)c(C(=O)N(Cc2ccco2)c2ccccc2)c1. The highest BCUT2D eigenvalue weighted by atomic mass is 35.5. The van der Waals surface area contributed by atoms with E-state index in [-0.39, 0.29) is 22.0 Å². The molecule has 6 nitrogen and oxygen atoms in total. The lowest BCUT2D eigenvalue weighted by Gasteiger charge is -2.23. The lowest BCUT2D eigenvalue weighted by Crippen LogP contribution is -2.31. The highest BCUT2D eigenvalue weighted by Crippen LogP contribution is 2.27. The average Bonchev–Trinajstić information content (AvgIpc) is 3.19. The molecule has 2 aromatic carbocycles. The van der Waals surface area contributed by atoms with Crippen molar-refractivity contribution < 1.29 is 17.6 Å². The van der Waals surface area contributed by atoms with Gasteiger partial charge in [0, 0.05) is 19.8 Å². The Bertz CT molecular complexity index is 1060. The van der Waals surface area contributed by atoms with Gasteiger partial charge in [-0.25, -0.2) is 12.7 Å². The molecule has 0 aliphatic carbocycles. The molecule has 0 fully saturated rings. The number of hydrogen-bond acceptors (Lipinski definition) is 4. The van der Waals surface area contributed by atoms with Crippen LogP contribution in [-0.4, -0.2) is 32.7 Å². The minimum atomic E-state index is -3.70. The Labute approximate surface area is 169 Å². The van der Waals surface area contributed by atoms with E-state index in [9.17, 15) is 13.2 Å². The predicted molar refractivity (Wildman–Crippen MR) is 108 cm³/mol. The van der Waals surface area contributed by atoms with Gasteiger partial charge in [0.2, 0.25) is 10.0 Å². The fourth-order valence-electron chi connectivity index (χ4n) is 2.63. The topological polar surface area (TPSA) is 70.8 Å². The Morgan fingerprint density at radius 1 is 1.04 bits per heavy atom. The van der Waals surface area contributed by atoms with Crippen LogP contribution in [0.1, 0.15) is 16.1 Å². The Balaban J connectivity index is 2.06. The van der Waals surface area contributed by atoms with Crippen LogP contribution in [0.15, 0.2) is 76.2 Å². The van der Waals surface area contributed by atoms with Crippen LogP contribution in [0.5, 0.6) is 0 Å². The maximum Gasteiger partial charge on any atom is 0.260 e. The normalized spacial score (nSPS) is 11.6. The van der Waals surface area contributed by atoms with Crippen molar-refractivity contribution in [2.45, 2.75) is 11.4 Å². The van der Waals surface area contributed by atoms with Gasteiger partial charge in [-0.2, -0.15) is 0 Å². The van der Waals surface area contributed by atoms with Crippen LogP contribution in [0.25, 0.3) is 0 Å². The first-order chi connectivity index (χ1) is 13.3. The van der Waals surface area contributed by atoms with Crippen LogP contribution in [0.3, 0.4) is 0 Å². The van der Waals surface area contributed by atoms with E-state index in [1.807, 2.05) is 18.2 Å². The van der Waals surface area contributed by atoms with E-state index >= 15 is 0 Å². The molecule has 0 aliphatic heterocycles. The molecule has 0 bridgehead atoms. The minimum absolute atomic E-state index is 0.00346. The average molecular weight is 419 g/mol. The lowest BCUT2D eigenvalue weighted by molar-refractivity contribution is 0.0983. The van der Waals surface area contributed by atoms with Crippen LogP contribution in [-0.2, 0) is 16.6 Å². The number of rotatable bonds is 6. The van der Waals surface area contributed by atoms with Gasteiger partial charge >= 0.3 is 0 Å². The molecule has 146 valence electrons. The second-order valence-corrected chi connectivity index (χ2v) is 8.79. The maximum atomic E-state index is 13.3. The zero-order valence-corrected chi connectivity index (χ0v) is 16.9. The van der Waals surface area contributed by atoms with Crippen LogP contribution < -0.4 is 4.90 Å². The summed E-state index contributed by atoms with van der Waals surface area (Å²) in [5, 5.41) is 0.170. The quantitative estimate of drug-likeness (QED) is 0.606. The minimum Gasteiger partial charge on any atom is -0.467 e. The Kier molecular flexibility index (Phi) is 5.88. The fraction of sp³-hybridized carbons (Fsp3) is 0.150. The first-order valence-corrected chi connectivity index (χ1v) is 10.2. The molecular formula is C20H19ClN2O4S. The first kappa shape index (κ1) is 20.1. The summed E-state index contributed by atoms with van der Waals surface area (Å²) in [6.07, 6.45) is 1.53.